The lowest BCUT2D eigenvalue weighted by Gasteiger charge is -2.57. The quantitative estimate of drug-likeness (QED) is 0.613. The molecule has 2 aliphatic rings. The number of hydrogen-bond donors (Lipinski definition) is 1. The fourth-order valence-electron chi connectivity index (χ4n) is 2.64. The monoisotopic (exact) mass is 139 g/mol. The summed E-state index contributed by atoms with van der Waals surface area (Å²) in [6.45, 7) is 5.75. The van der Waals surface area contributed by atoms with E-state index in [4.69, 9.17) is 0 Å². The molecule has 0 radical (unpaired) electrons. The first-order valence-electron chi connectivity index (χ1n) is 4.56. The Balaban J connectivity index is 1.78. The van der Waals surface area contributed by atoms with Crippen LogP contribution in [0.15, 0.2) is 0 Å². The first kappa shape index (κ1) is 6.66. The summed E-state index contributed by atoms with van der Waals surface area (Å²) >= 11 is 0. The van der Waals surface area contributed by atoms with Crippen molar-refractivity contribution >= 4 is 0 Å². The molecule has 0 aromatic heterocycles. The molecule has 0 heterocycles. The van der Waals surface area contributed by atoms with Gasteiger partial charge < -0.3 is 5.32 Å². The second kappa shape index (κ2) is 2.23. The van der Waals surface area contributed by atoms with Gasteiger partial charge in [0.2, 0.25) is 0 Å². The van der Waals surface area contributed by atoms with E-state index in [9.17, 15) is 0 Å². The molecule has 2 aliphatic carbocycles. The fraction of sp³-hybridized carbons (Fsp3) is 1.00. The smallest absolute Gasteiger partial charge is 0.0101 e. The number of hydrogen-bond acceptors (Lipinski definition) is 1. The van der Waals surface area contributed by atoms with Crippen molar-refractivity contribution in [2.45, 2.75) is 32.7 Å². The minimum absolute atomic E-state index is 0.895. The summed E-state index contributed by atoms with van der Waals surface area (Å²) < 4.78 is 0. The molecule has 2 fully saturated rings. The van der Waals surface area contributed by atoms with Crippen molar-refractivity contribution in [3.63, 3.8) is 0 Å². The maximum absolute atomic E-state index is 3.53. The molecule has 2 rings (SSSR count). The molecule has 1 nitrogen and oxygen atoms in total. The first-order valence-corrected chi connectivity index (χ1v) is 4.56. The van der Waals surface area contributed by atoms with Gasteiger partial charge in [0.25, 0.3) is 0 Å². The van der Waals surface area contributed by atoms with Crippen molar-refractivity contribution in [3.05, 3.63) is 0 Å². The maximum Gasteiger partial charge on any atom is 0.0101 e. The Hall–Kier alpha value is -0.0400. The number of rotatable bonds is 2. The average molecular weight is 139 g/mol. The molecular weight excluding hydrogens is 122 g/mol. The van der Waals surface area contributed by atoms with Crippen LogP contribution in [0.4, 0.5) is 0 Å². The normalized spacial score (nSPS) is 51.0. The maximum atomic E-state index is 3.53. The fourth-order valence-corrected chi connectivity index (χ4v) is 2.64. The molecule has 2 saturated carbocycles. The number of fused-ring (bicyclic) bond motifs is 1. The highest BCUT2D eigenvalue weighted by Gasteiger charge is 2.50. The lowest BCUT2D eigenvalue weighted by molar-refractivity contribution is -0.0511. The first-order chi connectivity index (χ1) is 4.83. The molecule has 58 valence electrons. The summed E-state index contributed by atoms with van der Waals surface area (Å²) in [5, 5.41) is 3.53. The third-order valence-corrected chi connectivity index (χ3v) is 3.43. The van der Waals surface area contributed by atoms with Gasteiger partial charge in [0.15, 0.2) is 0 Å². The lowest BCUT2D eigenvalue weighted by Crippen LogP contribution is -2.59. The van der Waals surface area contributed by atoms with Gasteiger partial charge in [-0.15, -0.1) is 0 Å². The van der Waals surface area contributed by atoms with Crippen LogP contribution in [0.3, 0.4) is 0 Å². The minimum atomic E-state index is 0.895. The lowest BCUT2D eigenvalue weighted by atomic mass is 9.51. The topological polar surface area (TPSA) is 12.0 Å². The summed E-state index contributed by atoms with van der Waals surface area (Å²) in [7, 11) is 0. The van der Waals surface area contributed by atoms with Crippen LogP contribution in [0, 0.1) is 17.8 Å². The molecule has 1 N–H and O–H groups in total. The van der Waals surface area contributed by atoms with E-state index < -0.39 is 0 Å². The van der Waals surface area contributed by atoms with Crippen LogP contribution in [-0.2, 0) is 0 Å². The van der Waals surface area contributed by atoms with Crippen LogP contribution < -0.4 is 5.32 Å². The zero-order chi connectivity index (χ0) is 7.14. The van der Waals surface area contributed by atoms with Crippen LogP contribution in [-0.4, -0.2) is 12.6 Å². The molecule has 0 spiro atoms. The summed E-state index contributed by atoms with van der Waals surface area (Å²) in [4.78, 5) is 0. The molecule has 0 amide bonds. The largest absolute Gasteiger partial charge is 0.314 e. The SMILES string of the molecule is CCNC1CC2C(C)CC12. The molecule has 0 aromatic carbocycles. The zero-order valence-corrected chi connectivity index (χ0v) is 6.93. The van der Waals surface area contributed by atoms with Crippen molar-refractivity contribution < 1.29 is 0 Å². The second-order valence-corrected chi connectivity index (χ2v) is 3.94. The van der Waals surface area contributed by atoms with Crippen LogP contribution in [0.1, 0.15) is 26.7 Å². The molecule has 0 aliphatic heterocycles. The van der Waals surface area contributed by atoms with E-state index in [1.165, 1.54) is 12.8 Å². The molecule has 0 aromatic rings. The van der Waals surface area contributed by atoms with Gasteiger partial charge in [-0.25, -0.2) is 0 Å². The summed E-state index contributed by atoms with van der Waals surface area (Å²) in [6.07, 6.45) is 2.95. The van der Waals surface area contributed by atoms with E-state index in [1.54, 1.807) is 0 Å². The van der Waals surface area contributed by atoms with E-state index in [-0.39, 0.29) is 0 Å². The molecule has 4 unspecified atom stereocenters. The highest BCUT2D eigenvalue weighted by atomic mass is 14.9. The van der Waals surface area contributed by atoms with Crippen molar-refractivity contribution in [2.24, 2.45) is 17.8 Å². The molecular formula is C9H17N. The molecule has 0 saturated heterocycles. The van der Waals surface area contributed by atoms with Gasteiger partial charge in [0.05, 0.1) is 0 Å². The van der Waals surface area contributed by atoms with Gasteiger partial charge in [-0.3, -0.25) is 0 Å². The molecule has 1 heteroatoms. The van der Waals surface area contributed by atoms with Crippen molar-refractivity contribution in [3.8, 4) is 0 Å². The van der Waals surface area contributed by atoms with E-state index in [1.807, 2.05) is 0 Å². The van der Waals surface area contributed by atoms with Gasteiger partial charge in [-0.2, -0.15) is 0 Å². The Kier molecular flexibility index (Phi) is 1.48. The van der Waals surface area contributed by atoms with Gasteiger partial charge >= 0.3 is 0 Å². The predicted molar refractivity (Wildman–Crippen MR) is 42.8 cm³/mol. The summed E-state index contributed by atoms with van der Waals surface area (Å²) in [5.41, 5.74) is 0. The average Bonchev–Trinajstić information content (AvgIpc) is 1.92. The van der Waals surface area contributed by atoms with Gasteiger partial charge in [0.1, 0.15) is 0 Å². The van der Waals surface area contributed by atoms with Crippen molar-refractivity contribution in [2.75, 3.05) is 6.54 Å². The zero-order valence-electron chi connectivity index (χ0n) is 6.93. The Morgan fingerprint density at radius 3 is 2.50 bits per heavy atom. The standard InChI is InChI=1S/C9H17N/c1-3-10-9-5-7-6(2)4-8(7)9/h6-10H,3-5H2,1-2H3. The van der Waals surface area contributed by atoms with E-state index in [0.29, 0.717) is 0 Å². The molecule has 4 atom stereocenters. The Bertz CT molecular complexity index is 131. The highest BCUT2D eigenvalue weighted by molar-refractivity contribution is 5.03. The van der Waals surface area contributed by atoms with E-state index in [2.05, 4.69) is 19.2 Å². The predicted octanol–water partition coefficient (Wildman–Crippen LogP) is 1.64. The summed E-state index contributed by atoms with van der Waals surface area (Å²) in [6, 6.07) is 0.895. The van der Waals surface area contributed by atoms with E-state index in [0.717, 1.165) is 30.3 Å². The highest BCUT2D eigenvalue weighted by Crippen LogP contribution is 2.53. The van der Waals surface area contributed by atoms with Crippen LogP contribution in [0.5, 0.6) is 0 Å². The molecule has 10 heavy (non-hydrogen) atoms. The van der Waals surface area contributed by atoms with Crippen LogP contribution in [0.25, 0.3) is 0 Å². The third-order valence-electron chi connectivity index (χ3n) is 3.43. The van der Waals surface area contributed by atoms with E-state index >= 15 is 0 Å². The Morgan fingerprint density at radius 2 is 2.10 bits per heavy atom. The minimum Gasteiger partial charge on any atom is -0.314 e. The van der Waals surface area contributed by atoms with Crippen molar-refractivity contribution in [1.82, 2.24) is 5.32 Å². The van der Waals surface area contributed by atoms with Gasteiger partial charge in [0, 0.05) is 6.04 Å². The third kappa shape index (κ3) is 0.731. The Morgan fingerprint density at radius 1 is 1.30 bits per heavy atom. The molecule has 0 bridgehead atoms. The van der Waals surface area contributed by atoms with Gasteiger partial charge in [-0.1, -0.05) is 13.8 Å². The number of nitrogens with one attached hydrogen (secondary N) is 1. The second-order valence-electron chi connectivity index (χ2n) is 3.94. The Labute approximate surface area is 63.2 Å². The van der Waals surface area contributed by atoms with Crippen LogP contribution >= 0.6 is 0 Å². The van der Waals surface area contributed by atoms with Crippen molar-refractivity contribution in [1.29, 1.82) is 0 Å². The van der Waals surface area contributed by atoms with Gasteiger partial charge in [-0.05, 0) is 37.1 Å². The summed E-state index contributed by atoms with van der Waals surface area (Å²) in [5.74, 6) is 3.21. The van der Waals surface area contributed by atoms with Crippen LogP contribution in [0.2, 0.25) is 0 Å².